The fraction of sp³-hybridized carbons (Fsp3) is 0.136. The lowest BCUT2D eigenvalue weighted by Gasteiger charge is -2.08. The van der Waals surface area contributed by atoms with Crippen LogP contribution < -0.4 is 14.8 Å². The minimum atomic E-state index is -0.240. The molecule has 0 unspecified atom stereocenters. The SMILES string of the molecule is COc1ccc(Oc2cc(CNC(=O)c3n[nH]c4ccc(C)cc34)ccn2)cc1. The first kappa shape index (κ1) is 18.5. The summed E-state index contributed by atoms with van der Waals surface area (Å²) in [5.41, 5.74) is 3.16. The number of methoxy groups -OCH3 is 1. The van der Waals surface area contributed by atoms with Crippen molar-refractivity contribution in [3.8, 4) is 17.4 Å². The van der Waals surface area contributed by atoms with Crippen LogP contribution >= 0.6 is 0 Å². The van der Waals surface area contributed by atoms with E-state index in [0.29, 0.717) is 23.9 Å². The number of aromatic amines is 1. The van der Waals surface area contributed by atoms with Gasteiger partial charge in [-0.15, -0.1) is 0 Å². The Bertz CT molecular complexity index is 1150. The van der Waals surface area contributed by atoms with Crippen LogP contribution in [0.2, 0.25) is 0 Å². The molecule has 0 atom stereocenters. The zero-order valence-electron chi connectivity index (χ0n) is 16.1. The van der Waals surface area contributed by atoms with E-state index in [1.54, 1.807) is 31.5 Å². The first-order valence-corrected chi connectivity index (χ1v) is 9.12. The second-order valence-corrected chi connectivity index (χ2v) is 6.58. The van der Waals surface area contributed by atoms with E-state index in [4.69, 9.17) is 9.47 Å². The molecule has 2 aromatic carbocycles. The summed E-state index contributed by atoms with van der Waals surface area (Å²) in [6, 6.07) is 16.7. The number of nitrogens with zero attached hydrogens (tertiary/aromatic N) is 2. The Labute approximate surface area is 167 Å². The second-order valence-electron chi connectivity index (χ2n) is 6.58. The zero-order chi connectivity index (χ0) is 20.2. The molecule has 0 radical (unpaired) electrons. The van der Waals surface area contributed by atoms with Crippen LogP contribution in [0.5, 0.6) is 17.4 Å². The highest BCUT2D eigenvalue weighted by Gasteiger charge is 2.14. The van der Waals surface area contributed by atoms with Crippen LogP contribution in [0.25, 0.3) is 10.9 Å². The molecule has 0 saturated carbocycles. The van der Waals surface area contributed by atoms with Crippen molar-refractivity contribution in [3.63, 3.8) is 0 Å². The van der Waals surface area contributed by atoms with Crippen LogP contribution in [0.3, 0.4) is 0 Å². The molecule has 2 N–H and O–H groups in total. The molecule has 0 bridgehead atoms. The van der Waals surface area contributed by atoms with Gasteiger partial charge in [-0.2, -0.15) is 5.10 Å². The van der Waals surface area contributed by atoms with E-state index in [9.17, 15) is 4.79 Å². The van der Waals surface area contributed by atoms with Crippen LogP contribution in [0.1, 0.15) is 21.6 Å². The molecule has 2 aromatic heterocycles. The van der Waals surface area contributed by atoms with Gasteiger partial charge in [0.25, 0.3) is 5.91 Å². The predicted molar refractivity (Wildman–Crippen MR) is 109 cm³/mol. The lowest BCUT2D eigenvalue weighted by molar-refractivity contribution is 0.0947. The molecular formula is C22H20N4O3. The Kier molecular flexibility index (Phi) is 5.11. The number of amides is 1. The Morgan fingerprint density at radius 3 is 2.66 bits per heavy atom. The van der Waals surface area contributed by atoms with Gasteiger partial charge < -0.3 is 14.8 Å². The molecule has 146 valence electrons. The fourth-order valence-electron chi connectivity index (χ4n) is 2.95. The maximum atomic E-state index is 12.6. The standard InChI is InChI=1S/C22H20N4O3/c1-14-3-8-19-18(11-14)21(26-25-19)22(27)24-13-15-9-10-23-20(12-15)29-17-6-4-16(28-2)5-7-17/h3-12H,13H2,1-2H3,(H,24,27)(H,25,26). The normalized spacial score (nSPS) is 10.7. The Morgan fingerprint density at radius 2 is 1.86 bits per heavy atom. The molecule has 0 fully saturated rings. The van der Waals surface area contributed by atoms with Crippen LogP contribution in [-0.4, -0.2) is 28.2 Å². The van der Waals surface area contributed by atoms with E-state index in [-0.39, 0.29) is 5.91 Å². The first-order valence-electron chi connectivity index (χ1n) is 9.12. The Hall–Kier alpha value is -3.87. The lowest BCUT2D eigenvalue weighted by atomic mass is 10.1. The van der Waals surface area contributed by atoms with Gasteiger partial charge in [0, 0.05) is 24.2 Å². The number of hydrogen-bond donors (Lipinski definition) is 2. The molecule has 0 aliphatic carbocycles. The molecule has 0 saturated heterocycles. The minimum Gasteiger partial charge on any atom is -0.497 e. The highest BCUT2D eigenvalue weighted by Crippen LogP contribution is 2.23. The quantitative estimate of drug-likeness (QED) is 0.521. The summed E-state index contributed by atoms with van der Waals surface area (Å²) < 4.78 is 10.9. The summed E-state index contributed by atoms with van der Waals surface area (Å²) in [5.74, 6) is 1.61. The third-order valence-electron chi connectivity index (χ3n) is 4.47. The van der Waals surface area contributed by atoms with E-state index in [1.165, 1.54) is 0 Å². The van der Waals surface area contributed by atoms with E-state index < -0.39 is 0 Å². The van der Waals surface area contributed by atoms with E-state index in [2.05, 4.69) is 20.5 Å². The molecule has 0 aliphatic heterocycles. The highest BCUT2D eigenvalue weighted by molar-refractivity contribution is 6.04. The Morgan fingerprint density at radius 1 is 1.07 bits per heavy atom. The largest absolute Gasteiger partial charge is 0.497 e. The van der Waals surface area contributed by atoms with Crippen LogP contribution in [0.4, 0.5) is 0 Å². The van der Waals surface area contributed by atoms with Gasteiger partial charge in [0.1, 0.15) is 11.5 Å². The summed E-state index contributed by atoms with van der Waals surface area (Å²) in [4.78, 5) is 16.8. The molecule has 7 nitrogen and oxygen atoms in total. The molecular weight excluding hydrogens is 368 g/mol. The van der Waals surface area contributed by atoms with Gasteiger partial charge in [-0.1, -0.05) is 11.6 Å². The second kappa shape index (κ2) is 8.02. The summed E-state index contributed by atoms with van der Waals surface area (Å²) in [6.07, 6.45) is 1.65. The minimum absolute atomic E-state index is 0.240. The fourth-order valence-corrected chi connectivity index (χ4v) is 2.95. The molecule has 1 amide bonds. The smallest absolute Gasteiger partial charge is 0.272 e. The van der Waals surface area contributed by atoms with Crippen molar-refractivity contribution in [3.05, 3.63) is 77.6 Å². The molecule has 29 heavy (non-hydrogen) atoms. The van der Waals surface area contributed by atoms with Gasteiger partial charge in [0.15, 0.2) is 5.69 Å². The monoisotopic (exact) mass is 388 g/mol. The van der Waals surface area contributed by atoms with Crippen LogP contribution in [-0.2, 0) is 6.54 Å². The lowest BCUT2D eigenvalue weighted by Crippen LogP contribution is -2.23. The first-order chi connectivity index (χ1) is 14.1. The zero-order valence-corrected chi connectivity index (χ0v) is 16.1. The van der Waals surface area contributed by atoms with Crippen molar-refractivity contribution in [2.45, 2.75) is 13.5 Å². The number of nitrogens with one attached hydrogen (secondary N) is 2. The van der Waals surface area contributed by atoms with E-state index >= 15 is 0 Å². The summed E-state index contributed by atoms with van der Waals surface area (Å²) in [6.45, 7) is 2.32. The summed E-state index contributed by atoms with van der Waals surface area (Å²) >= 11 is 0. The Balaban J connectivity index is 1.43. The third-order valence-corrected chi connectivity index (χ3v) is 4.47. The number of hydrogen-bond acceptors (Lipinski definition) is 5. The molecule has 0 aliphatic rings. The average Bonchev–Trinajstić information content (AvgIpc) is 3.16. The maximum Gasteiger partial charge on any atom is 0.272 e. The third kappa shape index (κ3) is 4.19. The number of benzene rings is 2. The molecule has 4 aromatic rings. The average molecular weight is 388 g/mol. The number of carbonyl (C=O) groups is 1. The highest BCUT2D eigenvalue weighted by atomic mass is 16.5. The van der Waals surface area contributed by atoms with Crippen molar-refractivity contribution < 1.29 is 14.3 Å². The summed E-state index contributed by atoms with van der Waals surface area (Å²) in [5, 5.41) is 10.7. The maximum absolute atomic E-state index is 12.6. The van der Waals surface area contributed by atoms with Crippen LogP contribution in [0.15, 0.2) is 60.8 Å². The number of aryl methyl sites for hydroxylation is 1. The number of carbonyl (C=O) groups excluding carboxylic acids is 1. The molecule has 4 rings (SSSR count). The number of H-pyrrole nitrogens is 1. The van der Waals surface area contributed by atoms with Gasteiger partial charge in [-0.3, -0.25) is 9.89 Å². The van der Waals surface area contributed by atoms with Gasteiger partial charge >= 0.3 is 0 Å². The predicted octanol–water partition coefficient (Wildman–Crippen LogP) is 4.00. The van der Waals surface area contributed by atoms with E-state index in [1.807, 2.05) is 43.3 Å². The van der Waals surface area contributed by atoms with Crippen molar-refractivity contribution >= 4 is 16.8 Å². The summed E-state index contributed by atoms with van der Waals surface area (Å²) in [7, 11) is 1.61. The molecule has 2 heterocycles. The van der Waals surface area contributed by atoms with Crippen LogP contribution in [0, 0.1) is 6.92 Å². The topological polar surface area (TPSA) is 89.1 Å². The van der Waals surface area contributed by atoms with Crippen molar-refractivity contribution in [1.82, 2.24) is 20.5 Å². The van der Waals surface area contributed by atoms with Gasteiger partial charge in [-0.05, 0) is 55.0 Å². The number of rotatable bonds is 6. The number of ether oxygens (including phenoxy) is 2. The number of pyridine rings is 1. The number of fused-ring (bicyclic) bond motifs is 1. The van der Waals surface area contributed by atoms with Crippen molar-refractivity contribution in [2.75, 3.05) is 7.11 Å². The van der Waals surface area contributed by atoms with Gasteiger partial charge in [0.2, 0.25) is 5.88 Å². The van der Waals surface area contributed by atoms with E-state index in [0.717, 1.165) is 27.8 Å². The van der Waals surface area contributed by atoms with Crippen molar-refractivity contribution in [2.24, 2.45) is 0 Å². The van der Waals surface area contributed by atoms with Crippen molar-refractivity contribution in [1.29, 1.82) is 0 Å². The molecule has 7 heteroatoms. The van der Waals surface area contributed by atoms with Gasteiger partial charge in [-0.25, -0.2) is 4.98 Å². The molecule has 0 spiro atoms. The number of aromatic nitrogens is 3. The van der Waals surface area contributed by atoms with Gasteiger partial charge in [0.05, 0.1) is 12.6 Å².